The second-order valence-electron chi connectivity index (χ2n) is 5.45. The van der Waals surface area contributed by atoms with Crippen molar-refractivity contribution in [2.75, 3.05) is 10.6 Å². The number of nitrogens with zero attached hydrogens (tertiary/aromatic N) is 2. The normalized spacial score (nSPS) is 10.8. The van der Waals surface area contributed by atoms with Crippen LogP contribution in [0.2, 0.25) is 0 Å². The molecule has 2 amide bonds. The Labute approximate surface area is 144 Å². The van der Waals surface area contributed by atoms with Gasteiger partial charge in [-0.1, -0.05) is 12.1 Å². The zero-order valence-electron chi connectivity index (χ0n) is 13.2. The zero-order chi connectivity index (χ0) is 17.1. The Morgan fingerprint density at radius 2 is 2.08 bits per heavy atom. The van der Waals surface area contributed by atoms with Crippen molar-refractivity contribution in [1.29, 1.82) is 0 Å². The van der Waals surface area contributed by atoms with Crippen LogP contribution in [0.4, 0.5) is 16.2 Å². The van der Waals surface area contributed by atoms with E-state index in [1.165, 1.54) is 0 Å². The Morgan fingerprint density at radius 3 is 2.83 bits per heavy atom. The van der Waals surface area contributed by atoms with Crippen LogP contribution in [-0.4, -0.2) is 15.4 Å². The largest absolute Gasteiger partial charge is 0.378 e. The van der Waals surface area contributed by atoms with Crippen LogP contribution in [0.5, 0.6) is 0 Å². The molecule has 0 aliphatic heterocycles. The highest BCUT2D eigenvalue weighted by Gasteiger charge is 2.11. The van der Waals surface area contributed by atoms with Crippen LogP contribution in [0.15, 0.2) is 42.7 Å². The predicted octanol–water partition coefficient (Wildman–Crippen LogP) is 3.48. The van der Waals surface area contributed by atoms with Crippen LogP contribution >= 0.6 is 11.6 Å². The summed E-state index contributed by atoms with van der Waals surface area (Å²) in [7, 11) is 0. The molecule has 2 heterocycles. The average molecular weight is 344 g/mol. The highest BCUT2D eigenvalue weighted by Crippen LogP contribution is 2.24. The summed E-state index contributed by atoms with van der Waals surface area (Å²) in [6, 6.07) is 8.88. The first-order valence-corrected chi connectivity index (χ1v) is 8.03. The van der Waals surface area contributed by atoms with Gasteiger partial charge in [0.1, 0.15) is 0 Å². The van der Waals surface area contributed by atoms with Gasteiger partial charge in [0.05, 0.1) is 11.4 Å². The molecular formula is C17H18ClN5O. The van der Waals surface area contributed by atoms with Crippen LogP contribution in [0.25, 0.3) is 5.65 Å². The number of fused-ring (bicyclic) bond motifs is 1. The van der Waals surface area contributed by atoms with E-state index in [4.69, 9.17) is 17.3 Å². The quantitative estimate of drug-likeness (QED) is 0.620. The molecule has 0 fully saturated rings. The molecule has 6 nitrogen and oxygen atoms in total. The lowest BCUT2D eigenvalue weighted by Gasteiger charge is -2.15. The Balaban J connectivity index is 1.91. The summed E-state index contributed by atoms with van der Waals surface area (Å²) in [6.07, 6.45) is 3.92. The van der Waals surface area contributed by atoms with Gasteiger partial charge in [0.25, 0.3) is 0 Å². The summed E-state index contributed by atoms with van der Waals surface area (Å²) >= 11 is 6.03. The van der Waals surface area contributed by atoms with Crippen molar-refractivity contribution < 1.29 is 4.79 Å². The van der Waals surface area contributed by atoms with E-state index in [1.807, 2.05) is 48.0 Å². The summed E-state index contributed by atoms with van der Waals surface area (Å²) in [5.41, 5.74) is 10.4. The van der Waals surface area contributed by atoms with Crippen molar-refractivity contribution in [3.8, 4) is 0 Å². The van der Waals surface area contributed by atoms with Crippen LogP contribution in [0, 0.1) is 6.92 Å². The number of nitrogens with two attached hydrogens (primary N) is 1. The van der Waals surface area contributed by atoms with E-state index in [0.29, 0.717) is 18.1 Å². The molecule has 0 atom stereocenters. The SMILES string of the molecule is Cc1cn2cccc(NCc3c(CCl)cccc3NC(N)=O)c2n1. The summed E-state index contributed by atoms with van der Waals surface area (Å²) in [6.45, 7) is 2.44. The number of halogens is 1. The molecule has 124 valence electrons. The molecule has 24 heavy (non-hydrogen) atoms. The minimum atomic E-state index is -0.603. The lowest BCUT2D eigenvalue weighted by Crippen LogP contribution is -2.21. The fourth-order valence-electron chi connectivity index (χ4n) is 2.68. The molecular weight excluding hydrogens is 326 g/mol. The maximum absolute atomic E-state index is 11.2. The number of hydrogen-bond acceptors (Lipinski definition) is 3. The number of anilines is 2. The smallest absolute Gasteiger partial charge is 0.316 e. The number of urea groups is 1. The molecule has 4 N–H and O–H groups in total. The Hall–Kier alpha value is -2.73. The first-order chi connectivity index (χ1) is 11.6. The number of aromatic nitrogens is 2. The molecule has 2 aromatic heterocycles. The van der Waals surface area contributed by atoms with Crippen LogP contribution in [-0.2, 0) is 12.4 Å². The summed E-state index contributed by atoms with van der Waals surface area (Å²) in [4.78, 5) is 15.7. The average Bonchev–Trinajstić information content (AvgIpc) is 2.93. The van der Waals surface area contributed by atoms with Gasteiger partial charge < -0.3 is 20.8 Å². The standard InChI is InChI=1S/C17H18ClN5O/c1-11-10-23-7-3-6-15(16(23)21-11)20-9-13-12(8-18)4-2-5-14(13)22-17(19)24/h2-7,10,20H,8-9H2,1H3,(H3,19,22,24). The van der Waals surface area contributed by atoms with Crippen molar-refractivity contribution in [2.24, 2.45) is 5.73 Å². The molecule has 0 spiro atoms. The monoisotopic (exact) mass is 343 g/mol. The van der Waals surface area contributed by atoms with E-state index in [0.717, 1.165) is 28.2 Å². The Bertz CT molecular complexity index is 890. The molecule has 3 aromatic rings. The van der Waals surface area contributed by atoms with Gasteiger partial charge in [0, 0.05) is 30.5 Å². The Morgan fingerprint density at radius 1 is 1.29 bits per heavy atom. The molecule has 0 bridgehead atoms. The third-order valence-electron chi connectivity index (χ3n) is 3.73. The number of alkyl halides is 1. The van der Waals surface area contributed by atoms with Crippen molar-refractivity contribution in [3.05, 3.63) is 59.5 Å². The topological polar surface area (TPSA) is 84.5 Å². The molecule has 7 heteroatoms. The van der Waals surface area contributed by atoms with Gasteiger partial charge in [-0.05, 0) is 36.2 Å². The number of amides is 2. The number of primary amides is 1. The van der Waals surface area contributed by atoms with E-state index in [-0.39, 0.29) is 0 Å². The molecule has 0 saturated carbocycles. The van der Waals surface area contributed by atoms with Crippen molar-refractivity contribution >= 4 is 34.7 Å². The minimum absolute atomic E-state index is 0.345. The number of imidazole rings is 1. The number of pyridine rings is 1. The van der Waals surface area contributed by atoms with E-state index >= 15 is 0 Å². The molecule has 0 unspecified atom stereocenters. The number of nitrogens with one attached hydrogen (secondary N) is 2. The third-order valence-corrected chi connectivity index (χ3v) is 4.02. The van der Waals surface area contributed by atoms with Gasteiger partial charge in [-0.15, -0.1) is 11.6 Å². The van der Waals surface area contributed by atoms with E-state index < -0.39 is 6.03 Å². The third kappa shape index (κ3) is 3.28. The number of carbonyl (C=O) groups excluding carboxylic acids is 1. The minimum Gasteiger partial charge on any atom is -0.378 e. The first kappa shape index (κ1) is 16.1. The highest BCUT2D eigenvalue weighted by atomic mass is 35.5. The van der Waals surface area contributed by atoms with Crippen molar-refractivity contribution in [1.82, 2.24) is 9.38 Å². The number of aryl methyl sites for hydroxylation is 1. The van der Waals surface area contributed by atoms with E-state index in [9.17, 15) is 4.79 Å². The second-order valence-corrected chi connectivity index (χ2v) is 5.72. The highest BCUT2D eigenvalue weighted by molar-refractivity contribution is 6.17. The van der Waals surface area contributed by atoms with Crippen LogP contribution in [0.1, 0.15) is 16.8 Å². The van der Waals surface area contributed by atoms with E-state index in [2.05, 4.69) is 15.6 Å². The van der Waals surface area contributed by atoms with Gasteiger partial charge >= 0.3 is 6.03 Å². The molecule has 3 rings (SSSR count). The summed E-state index contributed by atoms with van der Waals surface area (Å²) in [5.74, 6) is 0.345. The van der Waals surface area contributed by atoms with Gasteiger partial charge in [-0.3, -0.25) is 0 Å². The first-order valence-electron chi connectivity index (χ1n) is 7.50. The van der Waals surface area contributed by atoms with Gasteiger partial charge in [-0.25, -0.2) is 9.78 Å². The summed E-state index contributed by atoms with van der Waals surface area (Å²) < 4.78 is 1.97. The fraction of sp³-hybridized carbons (Fsp3) is 0.176. The van der Waals surface area contributed by atoms with Crippen LogP contribution in [0.3, 0.4) is 0 Å². The maximum atomic E-state index is 11.2. The summed E-state index contributed by atoms with van der Waals surface area (Å²) in [5, 5.41) is 6.02. The molecule has 0 aliphatic carbocycles. The molecule has 0 aliphatic rings. The molecule has 0 radical (unpaired) electrons. The molecule has 0 saturated heterocycles. The van der Waals surface area contributed by atoms with E-state index in [1.54, 1.807) is 6.07 Å². The van der Waals surface area contributed by atoms with Gasteiger partial charge in [0.2, 0.25) is 0 Å². The zero-order valence-corrected chi connectivity index (χ0v) is 14.0. The maximum Gasteiger partial charge on any atom is 0.316 e. The van der Waals surface area contributed by atoms with Crippen molar-refractivity contribution in [2.45, 2.75) is 19.3 Å². The lowest BCUT2D eigenvalue weighted by atomic mass is 10.1. The Kier molecular flexibility index (Phi) is 4.57. The number of carbonyl (C=O) groups is 1. The number of rotatable bonds is 5. The number of benzene rings is 1. The predicted molar refractivity (Wildman–Crippen MR) is 96.5 cm³/mol. The number of hydrogen-bond donors (Lipinski definition) is 3. The second kappa shape index (κ2) is 6.80. The van der Waals surface area contributed by atoms with Crippen molar-refractivity contribution in [3.63, 3.8) is 0 Å². The van der Waals surface area contributed by atoms with Gasteiger partial charge in [-0.2, -0.15) is 0 Å². The fourth-order valence-corrected chi connectivity index (χ4v) is 2.93. The van der Waals surface area contributed by atoms with Gasteiger partial charge in [0.15, 0.2) is 5.65 Å². The lowest BCUT2D eigenvalue weighted by molar-refractivity contribution is 0.259. The molecule has 1 aromatic carbocycles. The van der Waals surface area contributed by atoms with Crippen LogP contribution < -0.4 is 16.4 Å².